The first-order valence-corrected chi connectivity index (χ1v) is 13.2. The Bertz CT molecular complexity index is 1440. The molecule has 0 radical (unpaired) electrons. The Kier molecular flexibility index (Phi) is 7.00. The topological polar surface area (TPSA) is 70.2 Å². The zero-order chi connectivity index (χ0) is 26.5. The highest BCUT2D eigenvalue weighted by Gasteiger charge is 2.36. The first kappa shape index (κ1) is 26.0. The minimum absolute atomic E-state index is 0.311. The number of halogens is 3. The summed E-state index contributed by atoms with van der Waals surface area (Å²) in [6.45, 7) is 9.20. The fourth-order valence-electron chi connectivity index (χ4n) is 4.90. The number of aromatic nitrogens is 4. The number of rotatable bonds is 7. The van der Waals surface area contributed by atoms with E-state index >= 15 is 0 Å². The molecule has 1 saturated heterocycles. The maximum atomic E-state index is 6.58. The Morgan fingerprint density at radius 3 is 2.41 bits per heavy atom. The lowest BCUT2D eigenvalue weighted by molar-refractivity contribution is 0.227. The summed E-state index contributed by atoms with van der Waals surface area (Å²) in [4.78, 5) is 13.4. The summed E-state index contributed by atoms with van der Waals surface area (Å²) in [6.07, 6.45) is 4.54. The molecule has 1 fully saturated rings. The van der Waals surface area contributed by atoms with Crippen molar-refractivity contribution in [3.05, 3.63) is 63.0 Å². The monoisotopic (exact) mass is 558 g/mol. The molecule has 3 aromatic heterocycles. The van der Waals surface area contributed by atoms with Crippen LogP contribution in [0.2, 0.25) is 15.1 Å². The standard InChI is InChI=1S/C27H29Cl3N6O/c1-15(24-20(29)10-31-11-21(24)30)37-23-7-18-22(8-19(23)28)33-34-25(18)16-6-17(12-35(4)5)26(32-9-16)36-13-27(2,3)14-36/h6-11,15H,12-14H2,1-5H3,(H,33,34)/t15-/m1/s1. The quantitative estimate of drug-likeness (QED) is 0.262. The molecule has 0 unspecified atom stereocenters. The Hall–Kier alpha value is -2.58. The number of hydrogen-bond donors (Lipinski definition) is 1. The number of hydrogen-bond acceptors (Lipinski definition) is 6. The highest BCUT2D eigenvalue weighted by Crippen LogP contribution is 2.40. The second kappa shape index (κ2) is 9.95. The third-order valence-corrected chi connectivity index (χ3v) is 7.35. The second-order valence-corrected chi connectivity index (χ2v) is 11.9. The molecule has 0 amide bonds. The predicted molar refractivity (Wildman–Crippen MR) is 151 cm³/mol. The molecule has 37 heavy (non-hydrogen) atoms. The van der Waals surface area contributed by atoms with Crippen LogP contribution in [0.1, 0.15) is 38.0 Å². The number of anilines is 1. The van der Waals surface area contributed by atoms with Gasteiger partial charge < -0.3 is 14.5 Å². The molecule has 0 bridgehead atoms. The predicted octanol–water partition coefficient (Wildman–Crippen LogP) is 7.03. The van der Waals surface area contributed by atoms with Gasteiger partial charge in [-0.2, -0.15) is 5.10 Å². The smallest absolute Gasteiger partial charge is 0.139 e. The van der Waals surface area contributed by atoms with Crippen LogP contribution in [-0.4, -0.2) is 52.3 Å². The zero-order valence-corrected chi connectivity index (χ0v) is 23.7. The van der Waals surface area contributed by atoms with Gasteiger partial charge in [0.05, 0.1) is 20.6 Å². The van der Waals surface area contributed by atoms with Gasteiger partial charge in [-0.05, 0) is 44.6 Å². The van der Waals surface area contributed by atoms with Crippen LogP contribution in [0.15, 0.2) is 36.8 Å². The van der Waals surface area contributed by atoms with Gasteiger partial charge in [-0.25, -0.2) is 4.98 Å². The molecule has 4 aromatic rings. The van der Waals surface area contributed by atoms with Crippen LogP contribution >= 0.6 is 34.8 Å². The van der Waals surface area contributed by atoms with Crippen molar-refractivity contribution in [3.63, 3.8) is 0 Å². The van der Waals surface area contributed by atoms with Crippen molar-refractivity contribution in [2.45, 2.75) is 33.4 Å². The summed E-state index contributed by atoms with van der Waals surface area (Å²) in [7, 11) is 4.13. The van der Waals surface area contributed by atoms with E-state index in [-0.39, 0.29) is 0 Å². The second-order valence-electron chi connectivity index (χ2n) is 10.6. The first-order valence-electron chi connectivity index (χ1n) is 12.0. The van der Waals surface area contributed by atoms with E-state index in [2.05, 4.69) is 59.0 Å². The summed E-state index contributed by atoms with van der Waals surface area (Å²) in [6, 6.07) is 5.89. The van der Waals surface area contributed by atoms with E-state index in [0.717, 1.165) is 53.2 Å². The summed E-state index contributed by atoms with van der Waals surface area (Å²) in [5.74, 6) is 1.54. The van der Waals surface area contributed by atoms with Crippen LogP contribution in [0.5, 0.6) is 5.75 Å². The molecule has 1 aliphatic rings. The lowest BCUT2D eigenvalue weighted by atomic mass is 9.84. The average molecular weight is 560 g/mol. The van der Waals surface area contributed by atoms with Crippen LogP contribution in [-0.2, 0) is 6.54 Å². The summed E-state index contributed by atoms with van der Waals surface area (Å²) in [5, 5.41) is 9.92. The van der Waals surface area contributed by atoms with Gasteiger partial charge in [0.1, 0.15) is 23.4 Å². The van der Waals surface area contributed by atoms with Crippen LogP contribution in [0.25, 0.3) is 22.2 Å². The van der Waals surface area contributed by atoms with Crippen molar-refractivity contribution in [3.8, 4) is 17.0 Å². The van der Waals surface area contributed by atoms with E-state index in [9.17, 15) is 0 Å². The van der Waals surface area contributed by atoms with E-state index in [0.29, 0.717) is 31.8 Å². The highest BCUT2D eigenvalue weighted by atomic mass is 35.5. The van der Waals surface area contributed by atoms with Gasteiger partial charge in [-0.15, -0.1) is 0 Å². The molecule has 5 rings (SSSR count). The number of ether oxygens (including phenoxy) is 1. The van der Waals surface area contributed by atoms with Gasteiger partial charge >= 0.3 is 0 Å². The first-order chi connectivity index (χ1) is 17.5. The molecular weight excluding hydrogens is 531 g/mol. The number of benzene rings is 1. The lowest BCUT2D eigenvalue weighted by Gasteiger charge is -2.47. The van der Waals surface area contributed by atoms with Gasteiger partial charge in [0, 0.05) is 60.3 Å². The van der Waals surface area contributed by atoms with Gasteiger partial charge in [0.15, 0.2) is 0 Å². The van der Waals surface area contributed by atoms with Crippen LogP contribution in [0.4, 0.5) is 5.82 Å². The molecule has 7 nitrogen and oxygen atoms in total. The molecule has 0 aliphatic carbocycles. The molecule has 0 spiro atoms. The van der Waals surface area contributed by atoms with Crippen molar-refractivity contribution in [2.75, 3.05) is 32.1 Å². The van der Waals surface area contributed by atoms with Crippen molar-refractivity contribution in [2.24, 2.45) is 5.41 Å². The van der Waals surface area contributed by atoms with Crippen molar-refractivity contribution >= 4 is 51.5 Å². The normalized spacial score (nSPS) is 15.8. The van der Waals surface area contributed by atoms with E-state index < -0.39 is 6.10 Å². The van der Waals surface area contributed by atoms with Gasteiger partial charge in [-0.3, -0.25) is 10.1 Å². The zero-order valence-electron chi connectivity index (χ0n) is 21.4. The molecule has 1 N–H and O–H groups in total. The summed E-state index contributed by atoms with van der Waals surface area (Å²) >= 11 is 19.3. The highest BCUT2D eigenvalue weighted by molar-refractivity contribution is 6.36. The molecule has 1 aliphatic heterocycles. The molecule has 4 heterocycles. The van der Waals surface area contributed by atoms with Crippen LogP contribution < -0.4 is 9.64 Å². The third kappa shape index (κ3) is 5.23. The minimum atomic E-state index is -0.443. The Morgan fingerprint density at radius 2 is 1.76 bits per heavy atom. The summed E-state index contributed by atoms with van der Waals surface area (Å²) < 4.78 is 6.23. The minimum Gasteiger partial charge on any atom is -0.484 e. The van der Waals surface area contributed by atoms with Crippen LogP contribution in [0, 0.1) is 5.41 Å². The van der Waals surface area contributed by atoms with Gasteiger partial charge in [0.2, 0.25) is 0 Å². The lowest BCUT2D eigenvalue weighted by Crippen LogP contribution is -2.53. The maximum absolute atomic E-state index is 6.58. The maximum Gasteiger partial charge on any atom is 0.139 e. The van der Waals surface area contributed by atoms with Crippen molar-refractivity contribution < 1.29 is 4.74 Å². The molecule has 10 heteroatoms. The number of H-pyrrole nitrogens is 1. The molecular formula is C27H29Cl3N6O. The molecule has 0 saturated carbocycles. The Labute approximate surface area is 231 Å². The van der Waals surface area contributed by atoms with Gasteiger partial charge in [0.25, 0.3) is 0 Å². The number of aromatic amines is 1. The fraction of sp³-hybridized carbons (Fsp3) is 0.370. The summed E-state index contributed by atoms with van der Waals surface area (Å²) in [5.41, 5.74) is 4.65. The number of fused-ring (bicyclic) bond motifs is 1. The van der Waals surface area contributed by atoms with Gasteiger partial charge in [-0.1, -0.05) is 48.7 Å². The molecule has 1 aromatic carbocycles. The average Bonchev–Trinajstić information content (AvgIpc) is 3.19. The van der Waals surface area contributed by atoms with E-state index in [1.807, 2.05) is 25.3 Å². The molecule has 1 atom stereocenters. The van der Waals surface area contributed by atoms with Crippen LogP contribution in [0.3, 0.4) is 0 Å². The number of nitrogens with one attached hydrogen (secondary N) is 1. The third-order valence-electron chi connectivity index (χ3n) is 6.46. The number of pyridine rings is 2. The SMILES string of the molecule is C[C@@H](Oc1cc2c(-c3cnc(N4CC(C)(C)C4)c(CN(C)C)c3)n[nH]c2cc1Cl)c1c(Cl)cncc1Cl. The fourth-order valence-corrected chi connectivity index (χ4v) is 5.78. The van der Waals surface area contributed by atoms with Crippen molar-refractivity contribution in [1.29, 1.82) is 0 Å². The largest absolute Gasteiger partial charge is 0.484 e. The number of nitrogens with zero attached hydrogens (tertiary/aromatic N) is 5. The Balaban J connectivity index is 1.51. The van der Waals surface area contributed by atoms with E-state index in [1.54, 1.807) is 12.4 Å². The Morgan fingerprint density at radius 1 is 1.05 bits per heavy atom. The molecule has 194 valence electrons. The van der Waals surface area contributed by atoms with E-state index in [4.69, 9.17) is 44.5 Å². The van der Waals surface area contributed by atoms with Crippen molar-refractivity contribution in [1.82, 2.24) is 25.1 Å². The van der Waals surface area contributed by atoms with E-state index in [1.165, 1.54) is 0 Å².